The van der Waals surface area contributed by atoms with E-state index in [9.17, 15) is 26.8 Å². The molecule has 3 aromatic carbocycles. The lowest BCUT2D eigenvalue weighted by molar-refractivity contribution is -0.139. The number of benzene rings is 3. The SMILES string of the molecule is CCCCNC(=O)[C@H](C)N(Cc1ccc(F)cc1)C(=O)CN(c1ccc(F)cc1)S(=O)(=O)c1ccccc1. The number of amides is 2. The molecule has 0 aliphatic carbocycles. The van der Waals surface area contributed by atoms with E-state index in [2.05, 4.69) is 5.32 Å². The second-order valence-corrected chi connectivity index (χ2v) is 10.6. The number of hydrogen-bond donors (Lipinski definition) is 1. The first-order valence-electron chi connectivity index (χ1n) is 12.3. The average molecular weight is 544 g/mol. The Bertz CT molecular complexity index is 1320. The molecule has 1 N–H and O–H groups in total. The molecule has 0 spiro atoms. The number of nitrogens with one attached hydrogen (secondary N) is 1. The lowest BCUT2D eigenvalue weighted by Crippen LogP contribution is -2.51. The van der Waals surface area contributed by atoms with Crippen LogP contribution in [0.2, 0.25) is 0 Å². The zero-order valence-corrected chi connectivity index (χ0v) is 22.1. The Labute approximate surface area is 222 Å². The Morgan fingerprint density at radius 1 is 0.895 bits per heavy atom. The first-order chi connectivity index (χ1) is 18.1. The van der Waals surface area contributed by atoms with E-state index < -0.39 is 46.1 Å². The highest BCUT2D eigenvalue weighted by atomic mass is 32.2. The van der Waals surface area contributed by atoms with Crippen LogP contribution in [0.4, 0.5) is 14.5 Å². The second kappa shape index (κ2) is 13.1. The van der Waals surface area contributed by atoms with Gasteiger partial charge in [-0.1, -0.05) is 43.7 Å². The van der Waals surface area contributed by atoms with Crippen molar-refractivity contribution >= 4 is 27.5 Å². The van der Waals surface area contributed by atoms with Gasteiger partial charge in [0, 0.05) is 13.1 Å². The molecule has 10 heteroatoms. The van der Waals surface area contributed by atoms with Crippen LogP contribution in [-0.4, -0.2) is 44.3 Å². The third-order valence-corrected chi connectivity index (χ3v) is 7.78. The highest BCUT2D eigenvalue weighted by Gasteiger charge is 2.32. The van der Waals surface area contributed by atoms with Crippen LogP contribution in [0.15, 0.2) is 83.8 Å². The highest BCUT2D eigenvalue weighted by Crippen LogP contribution is 2.25. The number of unbranched alkanes of at least 4 members (excludes halogenated alkanes) is 1. The summed E-state index contributed by atoms with van der Waals surface area (Å²) in [5, 5.41) is 2.79. The number of sulfonamides is 1. The molecule has 0 radical (unpaired) electrons. The minimum atomic E-state index is -4.22. The van der Waals surface area contributed by atoms with Crippen LogP contribution in [0.5, 0.6) is 0 Å². The predicted octanol–water partition coefficient (Wildman–Crippen LogP) is 4.49. The molecule has 0 saturated heterocycles. The normalized spacial score (nSPS) is 12.0. The topological polar surface area (TPSA) is 86.8 Å². The van der Waals surface area contributed by atoms with E-state index in [1.54, 1.807) is 25.1 Å². The fourth-order valence-corrected chi connectivity index (χ4v) is 5.20. The number of rotatable bonds is 12. The fourth-order valence-electron chi connectivity index (χ4n) is 3.76. The molecule has 0 heterocycles. The van der Waals surface area contributed by atoms with Gasteiger partial charge in [0.1, 0.15) is 24.2 Å². The Kier molecular flexibility index (Phi) is 9.95. The maximum atomic E-state index is 13.7. The van der Waals surface area contributed by atoms with Crippen LogP contribution in [0.1, 0.15) is 32.3 Å². The highest BCUT2D eigenvalue weighted by molar-refractivity contribution is 7.92. The quantitative estimate of drug-likeness (QED) is 0.341. The summed E-state index contributed by atoms with van der Waals surface area (Å²) in [6, 6.07) is 16.9. The van der Waals surface area contributed by atoms with Crippen LogP contribution in [0.3, 0.4) is 0 Å². The number of nitrogens with zero attached hydrogens (tertiary/aromatic N) is 2. The Morgan fingerprint density at radius 2 is 1.47 bits per heavy atom. The number of anilines is 1. The van der Waals surface area contributed by atoms with Crippen molar-refractivity contribution in [3.05, 3.63) is 96.1 Å². The van der Waals surface area contributed by atoms with Crippen LogP contribution >= 0.6 is 0 Å². The Balaban J connectivity index is 1.97. The number of carbonyl (C=O) groups is 2. The molecule has 7 nitrogen and oxygen atoms in total. The van der Waals surface area contributed by atoms with Gasteiger partial charge in [0.25, 0.3) is 10.0 Å². The van der Waals surface area contributed by atoms with Gasteiger partial charge in [-0.2, -0.15) is 0 Å². The van der Waals surface area contributed by atoms with E-state index in [1.165, 1.54) is 53.4 Å². The van der Waals surface area contributed by atoms with Crippen molar-refractivity contribution in [2.45, 2.75) is 44.2 Å². The maximum absolute atomic E-state index is 13.7. The maximum Gasteiger partial charge on any atom is 0.264 e. The lowest BCUT2D eigenvalue weighted by Gasteiger charge is -2.32. The van der Waals surface area contributed by atoms with Gasteiger partial charge in [0.2, 0.25) is 11.8 Å². The molecule has 0 fully saturated rings. The average Bonchev–Trinajstić information content (AvgIpc) is 2.92. The van der Waals surface area contributed by atoms with Crippen LogP contribution < -0.4 is 9.62 Å². The summed E-state index contributed by atoms with van der Waals surface area (Å²) in [4.78, 5) is 27.8. The fraction of sp³-hybridized carbons (Fsp3) is 0.286. The van der Waals surface area contributed by atoms with Crippen molar-refractivity contribution < 1.29 is 26.8 Å². The molecule has 0 bridgehead atoms. The van der Waals surface area contributed by atoms with Gasteiger partial charge in [-0.05, 0) is 67.4 Å². The summed E-state index contributed by atoms with van der Waals surface area (Å²) in [6.45, 7) is 3.27. The van der Waals surface area contributed by atoms with Gasteiger partial charge in [-0.15, -0.1) is 0 Å². The number of hydrogen-bond acceptors (Lipinski definition) is 4. The standard InChI is InChI=1S/C28H31F2N3O4S/c1-3-4-18-31-28(35)21(2)32(19-22-10-12-23(29)13-11-22)27(34)20-33(25-16-14-24(30)15-17-25)38(36,37)26-8-6-5-7-9-26/h5-17,21H,3-4,18-20H2,1-2H3,(H,31,35)/t21-/m0/s1. The Morgan fingerprint density at radius 3 is 2.05 bits per heavy atom. The minimum Gasteiger partial charge on any atom is -0.354 e. The summed E-state index contributed by atoms with van der Waals surface area (Å²) < 4.78 is 55.2. The van der Waals surface area contributed by atoms with Gasteiger partial charge < -0.3 is 10.2 Å². The molecule has 0 aromatic heterocycles. The monoisotopic (exact) mass is 543 g/mol. The van der Waals surface area contributed by atoms with E-state index >= 15 is 0 Å². The molecular formula is C28H31F2N3O4S. The molecule has 202 valence electrons. The summed E-state index contributed by atoms with van der Waals surface area (Å²) in [5.41, 5.74) is 0.651. The smallest absolute Gasteiger partial charge is 0.264 e. The van der Waals surface area contributed by atoms with Crippen molar-refractivity contribution in [3.8, 4) is 0 Å². The van der Waals surface area contributed by atoms with Crippen molar-refractivity contribution in [2.75, 3.05) is 17.4 Å². The van der Waals surface area contributed by atoms with Crippen molar-refractivity contribution in [1.29, 1.82) is 0 Å². The summed E-state index contributed by atoms with van der Waals surface area (Å²) >= 11 is 0. The first-order valence-corrected chi connectivity index (χ1v) is 13.7. The molecular weight excluding hydrogens is 512 g/mol. The Hall–Kier alpha value is -3.79. The molecule has 1 atom stereocenters. The molecule has 0 unspecified atom stereocenters. The zero-order valence-electron chi connectivity index (χ0n) is 21.3. The molecule has 2 amide bonds. The van der Waals surface area contributed by atoms with Gasteiger partial charge in [-0.25, -0.2) is 17.2 Å². The summed E-state index contributed by atoms with van der Waals surface area (Å²) in [5.74, 6) is -2.06. The number of halogens is 2. The van der Waals surface area contributed by atoms with Crippen molar-refractivity contribution in [3.63, 3.8) is 0 Å². The molecule has 3 aromatic rings. The van der Waals surface area contributed by atoms with E-state index in [1.807, 2.05) is 6.92 Å². The first kappa shape index (κ1) is 28.8. The summed E-state index contributed by atoms with van der Waals surface area (Å²) in [7, 11) is -4.22. The van der Waals surface area contributed by atoms with E-state index in [4.69, 9.17) is 0 Å². The molecule has 0 aliphatic rings. The van der Waals surface area contributed by atoms with E-state index in [0.717, 1.165) is 29.3 Å². The van der Waals surface area contributed by atoms with Crippen molar-refractivity contribution in [1.82, 2.24) is 10.2 Å². The predicted molar refractivity (Wildman–Crippen MR) is 142 cm³/mol. The molecule has 38 heavy (non-hydrogen) atoms. The minimum absolute atomic E-state index is 0.0485. The molecule has 0 saturated carbocycles. The largest absolute Gasteiger partial charge is 0.354 e. The van der Waals surface area contributed by atoms with E-state index in [0.29, 0.717) is 12.1 Å². The third-order valence-electron chi connectivity index (χ3n) is 5.99. The molecule has 3 rings (SSSR count). The molecule has 0 aliphatic heterocycles. The van der Waals surface area contributed by atoms with Gasteiger partial charge in [-0.3, -0.25) is 13.9 Å². The third kappa shape index (κ3) is 7.38. The van der Waals surface area contributed by atoms with Gasteiger partial charge in [0.05, 0.1) is 10.6 Å². The zero-order chi connectivity index (χ0) is 27.7. The van der Waals surface area contributed by atoms with Gasteiger partial charge in [0.15, 0.2) is 0 Å². The lowest BCUT2D eigenvalue weighted by atomic mass is 10.1. The summed E-state index contributed by atoms with van der Waals surface area (Å²) in [6.07, 6.45) is 1.63. The van der Waals surface area contributed by atoms with E-state index in [-0.39, 0.29) is 17.1 Å². The van der Waals surface area contributed by atoms with Crippen LogP contribution in [-0.2, 0) is 26.2 Å². The van der Waals surface area contributed by atoms with Gasteiger partial charge >= 0.3 is 0 Å². The van der Waals surface area contributed by atoms with Crippen molar-refractivity contribution in [2.24, 2.45) is 0 Å². The van der Waals surface area contributed by atoms with Crippen LogP contribution in [0, 0.1) is 11.6 Å². The second-order valence-electron chi connectivity index (χ2n) is 8.77. The van der Waals surface area contributed by atoms with Crippen LogP contribution in [0.25, 0.3) is 0 Å². The number of carbonyl (C=O) groups excluding carboxylic acids is 2.